The van der Waals surface area contributed by atoms with E-state index in [2.05, 4.69) is 9.88 Å². The zero-order valence-corrected chi connectivity index (χ0v) is 10.4. The van der Waals surface area contributed by atoms with Crippen molar-refractivity contribution in [3.8, 4) is 0 Å². The van der Waals surface area contributed by atoms with Gasteiger partial charge in [-0.15, -0.1) is 0 Å². The second kappa shape index (κ2) is 6.19. The highest BCUT2D eigenvalue weighted by atomic mass is 16.4. The standard InChI is InChI=1S/C14H18N2O2/c17-13(18)8-7-12-6-5-9-15-14(12)16-10-3-1-2-4-11-16/h5-9H,1-4,10-11H2,(H,17,18)/b8-7+. The zero-order chi connectivity index (χ0) is 12.8. The maximum atomic E-state index is 10.6. The van der Waals surface area contributed by atoms with Gasteiger partial charge in [-0.2, -0.15) is 0 Å². The first kappa shape index (κ1) is 12.6. The smallest absolute Gasteiger partial charge is 0.328 e. The van der Waals surface area contributed by atoms with Gasteiger partial charge >= 0.3 is 5.97 Å². The quantitative estimate of drug-likeness (QED) is 0.833. The van der Waals surface area contributed by atoms with Crippen LogP contribution in [0, 0.1) is 0 Å². The van der Waals surface area contributed by atoms with Gasteiger partial charge in [0, 0.05) is 30.9 Å². The molecule has 0 radical (unpaired) electrons. The van der Waals surface area contributed by atoms with E-state index < -0.39 is 5.97 Å². The number of rotatable bonds is 3. The predicted molar refractivity (Wildman–Crippen MR) is 71.6 cm³/mol. The molecule has 0 atom stereocenters. The van der Waals surface area contributed by atoms with Crippen molar-refractivity contribution in [3.05, 3.63) is 30.0 Å². The van der Waals surface area contributed by atoms with Crippen LogP contribution in [0.5, 0.6) is 0 Å². The Morgan fingerprint density at radius 3 is 2.67 bits per heavy atom. The summed E-state index contributed by atoms with van der Waals surface area (Å²) in [6.07, 6.45) is 9.44. The first-order valence-electron chi connectivity index (χ1n) is 6.38. The van der Waals surface area contributed by atoms with Crippen molar-refractivity contribution in [2.75, 3.05) is 18.0 Å². The summed E-state index contributed by atoms with van der Waals surface area (Å²) in [4.78, 5) is 17.3. The van der Waals surface area contributed by atoms with Crippen LogP contribution >= 0.6 is 0 Å². The number of hydrogen-bond donors (Lipinski definition) is 1. The molecule has 96 valence electrons. The van der Waals surface area contributed by atoms with E-state index in [0.717, 1.165) is 24.5 Å². The molecule has 0 spiro atoms. The van der Waals surface area contributed by atoms with Gasteiger partial charge in [0.2, 0.25) is 0 Å². The fourth-order valence-corrected chi connectivity index (χ4v) is 2.25. The molecule has 1 fully saturated rings. The maximum Gasteiger partial charge on any atom is 0.328 e. The first-order chi connectivity index (χ1) is 8.77. The van der Waals surface area contributed by atoms with Crippen LogP contribution in [0.4, 0.5) is 5.82 Å². The van der Waals surface area contributed by atoms with E-state index in [1.54, 1.807) is 12.3 Å². The Hall–Kier alpha value is -1.84. The molecule has 0 bridgehead atoms. The summed E-state index contributed by atoms with van der Waals surface area (Å²) in [5.41, 5.74) is 0.877. The van der Waals surface area contributed by atoms with Gasteiger partial charge in [0.25, 0.3) is 0 Å². The van der Waals surface area contributed by atoms with Gasteiger partial charge < -0.3 is 10.0 Å². The average molecular weight is 246 g/mol. The lowest BCUT2D eigenvalue weighted by molar-refractivity contribution is -0.131. The van der Waals surface area contributed by atoms with Crippen molar-refractivity contribution in [1.29, 1.82) is 0 Å². The van der Waals surface area contributed by atoms with Crippen LogP contribution in [0.25, 0.3) is 6.08 Å². The van der Waals surface area contributed by atoms with Crippen LogP contribution in [0.15, 0.2) is 24.4 Å². The number of carbonyl (C=O) groups is 1. The molecule has 0 aromatic carbocycles. The van der Waals surface area contributed by atoms with E-state index in [1.807, 2.05) is 12.1 Å². The molecule has 1 aliphatic heterocycles. The molecule has 1 N–H and O–H groups in total. The number of hydrogen-bond acceptors (Lipinski definition) is 3. The van der Waals surface area contributed by atoms with Gasteiger partial charge in [0.05, 0.1) is 0 Å². The highest BCUT2D eigenvalue weighted by Crippen LogP contribution is 2.22. The number of pyridine rings is 1. The van der Waals surface area contributed by atoms with E-state index in [4.69, 9.17) is 5.11 Å². The Balaban J connectivity index is 2.22. The van der Waals surface area contributed by atoms with Gasteiger partial charge in [-0.3, -0.25) is 0 Å². The van der Waals surface area contributed by atoms with Crippen LogP contribution in [0.3, 0.4) is 0 Å². The summed E-state index contributed by atoms with van der Waals surface area (Å²) in [6.45, 7) is 2.01. The molecule has 4 heteroatoms. The molecular weight excluding hydrogens is 228 g/mol. The molecule has 2 heterocycles. The van der Waals surface area contributed by atoms with Gasteiger partial charge in [-0.05, 0) is 31.1 Å². The third-order valence-corrected chi connectivity index (χ3v) is 3.13. The number of aliphatic carboxylic acids is 1. The third kappa shape index (κ3) is 3.32. The number of carboxylic acids is 1. The summed E-state index contributed by atoms with van der Waals surface area (Å²) in [7, 11) is 0. The fourth-order valence-electron chi connectivity index (χ4n) is 2.25. The first-order valence-corrected chi connectivity index (χ1v) is 6.38. The van der Waals surface area contributed by atoms with Crippen molar-refractivity contribution >= 4 is 17.9 Å². The summed E-state index contributed by atoms with van der Waals surface area (Å²) in [6, 6.07) is 3.75. The fraction of sp³-hybridized carbons (Fsp3) is 0.429. The molecule has 18 heavy (non-hydrogen) atoms. The van der Waals surface area contributed by atoms with E-state index in [0.29, 0.717) is 0 Å². The number of carboxylic acid groups (broad SMARTS) is 1. The monoisotopic (exact) mass is 246 g/mol. The van der Waals surface area contributed by atoms with Crippen LogP contribution in [0.1, 0.15) is 31.2 Å². The van der Waals surface area contributed by atoms with Crippen LogP contribution in [-0.4, -0.2) is 29.1 Å². The Kier molecular flexibility index (Phi) is 4.34. The molecule has 1 saturated heterocycles. The van der Waals surface area contributed by atoms with Gasteiger partial charge in [0.15, 0.2) is 0 Å². The lowest BCUT2D eigenvalue weighted by Gasteiger charge is -2.23. The Labute approximate surface area is 107 Å². The molecule has 4 nitrogen and oxygen atoms in total. The van der Waals surface area contributed by atoms with Gasteiger partial charge in [0.1, 0.15) is 5.82 Å². The second-order valence-corrected chi connectivity index (χ2v) is 4.49. The molecule has 0 saturated carbocycles. The van der Waals surface area contributed by atoms with Crippen LogP contribution < -0.4 is 4.90 Å². The normalized spacial score (nSPS) is 16.8. The van der Waals surface area contributed by atoms with E-state index >= 15 is 0 Å². The number of nitrogens with zero attached hydrogens (tertiary/aromatic N) is 2. The van der Waals surface area contributed by atoms with Crippen molar-refractivity contribution in [1.82, 2.24) is 4.98 Å². The molecule has 0 amide bonds. The number of anilines is 1. The molecule has 1 aliphatic rings. The summed E-state index contributed by atoms with van der Waals surface area (Å²) in [5, 5.41) is 8.70. The molecule has 2 rings (SSSR count). The van der Waals surface area contributed by atoms with E-state index in [1.165, 1.54) is 31.8 Å². The summed E-state index contributed by atoms with van der Waals surface area (Å²) < 4.78 is 0. The zero-order valence-electron chi connectivity index (χ0n) is 10.4. The molecule has 0 unspecified atom stereocenters. The van der Waals surface area contributed by atoms with E-state index in [9.17, 15) is 4.79 Å². The lowest BCUT2D eigenvalue weighted by Crippen LogP contribution is -2.25. The SMILES string of the molecule is O=C(O)/C=C/c1cccnc1N1CCCCCC1. The van der Waals surface area contributed by atoms with Gasteiger partial charge in [-0.25, -0.2) is 9.78 Å². The van der Waals surface area contributed by atoms with Crippen LogP contribution in [-0.2, 0) is 4.79 Å². The lowest BCUT2D eigenvalue weighted by atomic mass is 10.2. The number of aromatic nitrogens is 1. The molecular formula is C14H18N2O2. The summed E-state index contributed by atoms with van der Waals surface area (Å²) >= 11 is 0. The van der Waals surface area contributed by atoms with Gasteiger partial charge in [-0.1, -0.05) is 12.8 Å². The predicted octanol–water partition coefficient (Wildman–Crippen LogP) is 2.56. The minimum atomic E-state index is -0.930. The van der Waals surface area contributed by atoms with Crippen molar-refractivity contribution in [2.45, 2.75) is 25.7 Å². The topological polar surface area (TPSA) is 53.4 Å². The Morgan fingerprint density at radius 2 is 2.00 bits per heavy atom. The highest BCUT2D eigenvalue weighted by molar-refractivity contribution is 5.86. The molecule has 0 aliphatic carbocycles. The largest absolute Gasteiger partial charge is 0.478 e. The van der Waals surface area contributed by atoms with Crippen LogP contribution in [0.2, 0.25) is 0 Å². The molecule has 1 aromatic heterocycles. The van der Waals surface area contributed by atoms with Crippen molar-refractivity contribution in [2.24, 2.45) is 0 Å². The molecule has 1 aromatic rings. The minimum absolute atomic E-state index is 0.877. The third-order valence-electron chi connectivity index (χ3n) is 3.13. The minimum Gasteiger partial charge on any atom is -0.478 e. The Bertz CT molecular complexity index is 435. The Morgan fingerprint density at radius 1 is 1.28 bits per heavy atom. The maximum absolute atomic E-state index is 10.6. The van der Waals surface area contributed by atoms with Crippen molar-refractivity contribution < 1.29 is 9.90 Å². The average Bonchev–Trinajstić information content (AvgIpc) is 2.65. The highest BCUT2D eigenvalue weighted by Gasteiger charge is 2.13. The summed E-state index contributed by atoms with van der Waals surface area (Å²) in [5.74, 6) is -0.0300. The second-order valence-electron chi connectivity index (χ2n) is 4.49. The van der Waals surface area contributed by atoms with Crippen molar-refractivity contribution in [3.63, 3.8) is 0 Å². The van der Waals surface area contributed by atoms with E-state index in [-0.39, 0.29) is 0 Å².